The number of carboxylic acid groups (broad SMARTS) is 1. The molecule has 1 amide bonds. The molecule has 0 radical (unpaired) electrons. The van der Waals surface area contributed by atoms with E-state index in [1.54, 1.807) is 0 Å². The third-order valence-electron chi connectivity index (χ3n) is 9.86. The molecule has 5 rings (SSSR count). The van der Waals surface area contributed by atoms with Crippen molar-refractivity contribution in [1.29, 1.82) is 0 Å². The van der Waals surface area contributed by atoms with Crippen LogP contribution in [0.25, 0.3) is 0 Å². The fraction of sp³-hybridized carbons (Fsp3) is 0.429. The topological polar surface area (TPSA) is 110 Å². The number of rotatable bonds is 10. The number of carbonyl (C=O) groups excluding carboxylic acids is 1. The van der Waals surface area contributed by atoms with E-state index in [-0.39, 0.29) is 60.4 Å². The Morgan fingerprint density at radius 1 is 0.863 bits per heavy atom. The molecule has 2 fully saturated rings. The maximum Gasteiger partial charge on any atom is 0.430 e. The van der Waals surface area contributed by atoms with Crippen LogP contribution in [0.15, 0.2) is 77.7 Å². The molecule has 1 saturated heterocycles. The number of methoxy groups -OCH3 is 1. The van der Waals surface area contributed by atoms with Crippen LogP contribution in [0, 0.1) is 17.7 Å². The largest absolute Gasteiger partial charge is 0.496 e. The first-order chi connectivity index (χ1) is 23.9. The smallest absolute Gasteiger partial charge is 0.430 e. The van der Waals surface area contributed by atoms with Crippen LogP contribution < -0.4 is 4.74 Å². The van der Waals surface area contributed by atoms with Crippen LogP contribution >= 0.6 is 0 Å². The first-order valence-electron chi connectivity index (χ1n) is 15.9. The molecule has 1 N–H and O–H groups in total. The van der Waals surface area contributed by atoms with E-state index in [2.05, 4.69) is 0 Å². The highest BCUT2D eigenvalue weighted by atomic mass is 32.2. The lowest BCUT2D eigenvalue weighted by atomic mass is 9.81. The van der Waals surface area contributed by atoms with Crippen LogP contribution in [0.1, 0.15) is 48.8 Å². The number of aliphatic carboxylic acids is 1. The van der Waals surface area contributed by atoms with E-state index in [1.165, 1.54) is 36.3 Å². The van der Waals surface area contributed by atoms with Gasteiger partial charge in [0.25, 0.3) is 5.60 Å². The van der Waals surface area contributed by atoms with E-state index in [0.29, 0.717) is 12.1 Å². The molecule has 1 atom stereocenters. The number of alkyl halides is 6. The predicted molar refractivity (Wildman–Crippen MR) is 168 cm³/mol. The molecule has 276 valence electrons. The maximum atomic E-state index is 14.7. The standard InChI is InChI=1S/C35H34F7NO7S/c1-49-29-5-3-2-4-24(29)20-50-33(34(37,38)39,35(40,41)42)26-12-10-25(11-13-26)32(51(47,48)28-16-14-27(36)15-17-28)18-19-43(21-32)30(44)22-6-8-23(9-7-22)31(45)46/h2-5,10-17,22-23H,6-9,18-21H2,1H3,(H,45,46)/t22?,23?,32-/m0/s1. The number of benzene rings is 3. The van der Waals surface area contributed by atoms with Gasteiger partial charge in [0.05, 0.1) is 24.5 Å². The number of amides is 1. The molecule has 3 aromatic rings. The molecule has 0 unspecified atom stereocenters. The molecule has 51 heavy (non-hydrogen) atoms. The second-order valence-corrected chi connectivity index (χ2v) is 15.0. The quantitative estimate of drug-likeness (QED) is 0.173. The Labute approximate surface area is 289 Å². The molecule has 1 aliphatic heterocycles. The summed E-state index contributed by atoms with van der Waals surface area (Å²) in [6.07, 6.45) is -11.4. The lowest BCUT2D eigenvalue weighted by Crippen LogP contribution is -2.55. The van der Waals surface area contributed by atoms with Gasteiger partial charge in [-0.25, -0.2) is 12.8 Å². The van der Waals surface area contributed by atoms with E-state index in [1.807, 2.05) is 0 Å². The van der Waals surface area contributed by atoms with Crippen LogP contribution in [-0.2, 0) is 41.1 Å². The molecule has 1 heterocycles. The molecule has 0 aromatic heterocycles. The Balaban J connectivity index is 1.56. The van der Waals surface area contributed by atoms with Crippen LogP contribution in [0.4, 0.5) is 30.7 Å². The van der Waals surface area contributed by atoms with Crippen molar-refractivity contribution in [2.24, 2.45) is 11.8 Å². The van der Waals surface area contributed by atoms with Crippen molar-refractivity contribution in [3.63, 3.8) is 0 Å². The Morgan fingerprint density at radius 3 is 1.98 bits per heavy atom. The molecule has 0 spiro atoms. The SMILES string of the molecule is COc1ccccc1COC(c1ccc([C@]2(S(=O)(=O)c3ccc(F)cc3)CCN(C(=O)C3CCC(C(=O)O)CC3)C2)cc1)(C(F)(F)F)C(F)(F)F. The molecule has 2 aliphatic rings. The minimum Gasteiger partial charge on any atom is -0.496 e. The average molecular weight is 746 g/mol. The summed E-state index contributed by atoms with van der Waals surface area (Å²) in [4.78, 5) is 25.9. The van der Waals surface area contributed by atoms with Gasteiger partial charge in [0.2, 0.25) is 5.91 Å². The van der Waals surface area contributed by atoms with Crippen LogP contribution in [0.3, 0.4) is 0 Å². The highest BCUT2D eigenvalue weighted by Gasteiger charge is 2.73. The van der Waals surface area contributed by atoms with Gasteiger partial charge < -0.3 is 19.5 Å². The summed E-state index contributed by atoms with van der Waals surface area (Å²) in [6.45, 7) is -1.78. The van der Waals surface area contributed by atoms with Gasteiger partial charge >= 0.3 is 18.3 Å². The molecule has 16 heteroatoms. The second-order valence-electron chi connectivity index (χ2n) is 12.7. The number of sulfone groups is 1. The van der Waals surface area contributed by atoms with E-state index in [9.17, 15) is 53.8 Å². The Morgan fingerprint density at radius 2 is 1.43 bits per heavy atom. The summed E-state index contributed by atoms with van der Waals surface area (Å²) in [7, 11) is -3.38. The second kappa shape index (κ2) is 14.1. The zero-order valence-electron chi connectivity index (χ0n) is 27.1. The summed E-state index contributed by atoms with van der Waals surface area (Å²) in [6, 6.07) is 11.9. The lowest BCUT2D eigenvalue weighted by molar-refractivity contribution is -0.392. The third kappa shape index (κ3) is 6.91. The summed E-state index contributed by atoms with van der Waals surface area (Å²) >= 11 is 0. The highest BCUT2D eigenvalue weighted by Crippen LogP contribution is 2.54. The number of likely N-dealkylation sites (tertiary alicyclic amines) is 1. The number of halogens is 7. The van der Waals surface area contributed by atoms with E-state index >= 15 is 0 Å². The van der Waals surface area contributed by atoms with Crippen molar-refractivity contribution in [1.82, 2.24) is 4.90 Å². The van der Waals surface area contributed by atoms with Gasteiger partial charge in [0.1, 0.15) is 16.3 Å². The highest BCUT2D eigenvalue weighted by molar-refractivity contribution is 7.92. The number of nitrogens with zero attached hydrogens (tertiary/aromatic N) is 1. The van der Waals surface area contributed by atoms with Crippen molar-refractivity contribution in [3.05, 3.63) is 95.3 Å². The summed E-state index contributed by atoms with van der Waals surface area (Å²) in [5.74, 6) is -3.41. The van der Waals surface area contributed by atoms with Gasteiger partial charge in [0.15, 0.2) is 9.84 Å². The number of para-hydroxylation sites is 1. The number of hydrogen-bond acceptors (Lipinski definition) is 6. The zero-order valence-corrected chi connectivity index (χ0v) is 28.0. The van der Waals surface area contributed by atoms with Gasteiger partial charge in [-0.05, 0) is 68.0 Å². The first kappa shape index (κ1) is 38.1. The molecule has 8 nitrogen and oxygen atoms in total. The van der Waals surface area contributed by atoms with Crippen LogP contribution in [-0.4, -0.2) is 62.9 Å². The Kier molecular flexibility index (Phi) is 10.5. The minimum absolute atomic E-state index is 0.00527. The minimum atomic E-state index is -6.04. The van der Waals surface area contributed by atoms with Gasteiger partial charge in [-0.15, -0.1) is 0 Å². The van der Waals surface area contributed by atoms with Crippen molar-refractivity contribution in [3.8, 4) is 5.75 Å². The molecule has 0 bridgehead atoms. The first-order valence-corrected chi connectivity index (χ1v) is 17.4. The van der Waals surface area contributed by atoms with Crippen molar-refractivity contribution in [2.75, 3.05) is 20.2 Å². The molecule has 1 saturated carbocycles. The normalized spacial score (nSPS) is 21.8. The maximum absolute atomic E-state index is 14.7. The Hall–Kier alpha value is -4.18. The molecule has 3 aromatic carbocycles. The predicted octanol–water partition coefficient (Wildman–Crippen LogP) is 7.16. The molecule has 1 aliphatic carbocycles. The summed E-state index contributed by atoms with van der Waals surface area (Å²) in [5, 5.41) is 9.32. The fourth-order valence-corrected chi connectivity index (χ4v) is 9.09. The van der Waals surface area contributed by atoms with Gasteiger partial charge in [-0.2, -0.15) is 26.3 Å². The van der Waals surface area contributed by atoms with Gasteiger partial charge in [0, 0.05) is 30.1 Å². The van der Waals surface area contributed by atoms with Crippen molar-refractivity contribution >= 4 is 21.7 Å². The fourth-order valence-electron chi connectivity index (χ4n) is 7.02. The van der Waals surface area contributed by atoms with E-state index < -0.39 is 80.8 Å². The number of carboxylic acids is 1. The van der Waals surface area contributed by atoms with Gasteiger partial charge in [-0.3, -0.25) is 9.59 Å². The Bertz CT molecular complexity index is 1830. The summed E-state index contributed by atoms with van der Waals surface area (Å²) < 4.78 is 138. The molecular formula is C35H34F7NO7S. The van der Waals surface area contributed by atoms with Crippen LogP contribution in [0.2, 0.25) is 0 Å². The monoisotopic (exact) mass is 745 g/mol. The summed E-state index contributed by atoms with van der Waals surface area (Å²) in [5.41, 5.74) is -6.49. The molecular weight excluding hydrogens is 711 g/mol. The number of ether oxygens (including phenoxy) is 2. The van der Waals surface area contributed by atoms with Crippen molar-refractivity contribution < 1.29 is 63.3 Å². The number of carbonyl (C=O) groups is 2. The van der Waals surface area contributed by atoms with Crippen molar-refractivity contribution in [2.45, 2.75) is 66.3 Å². The van der Waals surface area contributed by atoms with Gasteiger partial charge in [-0.1, -0.05) is 42.5 Å². The zero-order chi connectivity index (χ0) is 37.4. The lowest BCUT2D eigenvalue weighted by Gasteiger charge is -2.38. The van der Waals surface area contributed by atoms with E-state index in [4.69, 9.17) is 9.47 Å². The third-order valence-corrected chi connectivity index (χ3v) is 12.4. The van der Waals surface area contributed by atoms with Crippen LogP contribution in [0.5, 0.6) is 5.75 Å². The average Bonchev–Trinajstić information content (AvgIpc) is 3.55. The number of hydrogen-bond donors (Lipinski definition) is 1. The van der Waals surface area contributed by atoms with E-state index in [0.717, 1.165) is 36.4 Å².